The number of alkyl halides is 3. The Morgan fingerprint density at radius 1 is 1.00 bits per heavy atom. The van der Waals surface area contributed by atoms with E-state index in [0.717, 1.165) is 29.8 Å². The molecule has 1 amide bonds. The van der Waals surface area contributed by atoms with Crippen LogP contribution in [0.15, 0.2) is 48.5 Å². The van der Waals surface area contributed by atoms with Crippen LogP contribution in [-0.2, 0) is 15.7 Å². The van der Waals surface area contributed by atoms with Crippen LogP contribution in [0.5, 0.6) is 0 Å². The van der Waals surface area contributed by atoms with Gasteiger partial charge in [0.2, 0.25) is 0 Å². The second kappa shape index (κ2) is 7.16. The van der Waals surface area contributed by atoms with E-state index in [1.165, 1.54) is 0 Å². The van der Waals surface area contributed by atoms with Gasteiger partial charge in [0.1, 0.15) is 0 Å². The molecule has 0 aliphatic heterocycles. The van der Waals surface area contributed by atoms with Crippen LogP contribution in [0.4, 0.5) is 18.9 Å². The molecular formula is C17H14F3NO3. The molecule has 0 aliphatic carbocycles. The number of carbonyl (C=O) groups is 2. The molecule has 0 radical (unpaired) electrons. The van der Waals surface area contributed by atoms with Crippen LogP contribution in [0, 0.1) is 6.92 Å². The maximum atomic E-state index is 12.4. The Morgan fingerprint density at radius 3 is 2.12 bits per heavy atom. The fourth-order valence-electron chi connectivity index (χ4n) is 1.84. The van der Waals surface area contributed by atoms with Gasteiger partial charge in [-0.2, -0.15) is 13.2 Å². The summed E-state index contributed by atoms with van der Waals surface area (Å²) in [7, 11) is 0. The van der Waals surface area contributed by atoms with Gasteiger partial charge in [-0.1, -0.05) is 17.7 Å². The van der Waals surface area contributed by atoms with Crippen molar-refractivity contribution in [2.45, 2.75) is 13.1 Å². The van der Waals surface area contributed by atoms with Crippen molar-refractivity contribution in [2.75, 3.05) is 11.9 Å². The molecule has 4 nitrogen and oxygen atoms in total. The zero-order valence-corrected chi connectivity index (χ0v) is 12.7. The number of hydrogen-bond donors (Lipinski definition) is 1. The third-order valence-electron chi connectivity index (χ3n) is 3.12. The average molecular weight is 337 g/mol. The lowest BCUT2D eigenvalue weighted by Crippen LogP contribution is -2.21. The Bertz CT molecular complexity index is 722. The van der Waals surface area contributed by atoms with E-state index < -0.39 is 30.2 Å². The molecule has 0 aromatic heterocycles. The van der Waals surface area contributed by atoms with E-state index in [-0.39, 0.29) is 5.56 Å². The topological polar surface area (TPSA) is 55.4 Å². The SMILES string of the molecule is Cc1ccc(NC(=O)COC(=O)c2ccc(C(F)(F)F)cc2)cc1. The average Bonchev–Trinajstić information content (AvgIpc) is 2.54. The molecule has 0 aliphatic rings. The summed E-state index contributed by atoms with van der Waals surface area (Å²) in [5.41, 5.74) is 0.653. The summed E-state index contributed by atoms with van der Waals surface area (Å²) in [6.07, 6.45) is -4.48. The molecule has 0 bridgehead atoms. The van der Waals surface area contributed by atoms with Gasteiger partial charge < -0.3 is 10.1 Å². The second-order valence-electron chi connectivity index (χ2n) is 5.07. The van der Waals surface area contributed by atoms with E-state index in [1.54, 1.807) is 12.1 Å². The summed E-state index contributed by atoms with van der Waals surface area (Å²) in [6, 6.07) is 10.6. The van der Waals surface area contributed by atoms with Gasteiger partial charge in [0, 0.05) is 5.69 Å². The monoisotopic (exact) mass is 337 g/mol. The molecule has 0 spiro atoms. The molecule has 2 aromatic rings. The van der Waals surface area contributed by atoms with Crippen LogP contribution in [0.1, 0.15) is 21.5 Å². The highest BCUT2D eigenvalue weighted by atomic mass is 19.4. The Hall–Kier alpha value is -2.83. The number of rotatable bonds is 4. The minimum absolute atomic E-state index is 0.0638. The van der Waals surface area contributed by atoms with E-state index in [2.05, 4.69) is 5.32 Å². The van der Waals surface area contributed by atoms with Crippen LogP contribution in [-0.4, -0.2) is 18.5 Å². The quantitative estimate of drug-likeness (QED) is 0.863. The highest BCUT2D eigenvalue weighted by Crippen LogP contribution is 2.29. The highest BCUT2D eigenvalue weighted by molar-refractivity contribution is 5.95. The van der Waals surface area contributed by atoms with Gasteiger partial charge >= 0.3 is 12.1 Å². The van der Waals surface area contributed by atoms with E-state index in [0.29, 0.717) is 5.69 Å². The molecule has 2 rings (SSSR count). The third-order valence-corrected chi connectivity index (χ3v) is 3.12. The largest absolute Gasteiger partial charge is 0.452 e. The maximum Gasteiger partial charge on any atom is 0.416 e. The molecule has 2 aromatic carbocycles. The lowest BCUT2D eigenvalue weighted by molar-refractivity contribution is -0.137. The Morgan fingerprint density at radius 2 is 1.58 bits per heavy atom. The molecule has 24 heavy (non-hydrogen) atoms. The molecule has 1 N–H and O–H groups in total. The number of aryl methyl sites for hydroxylation is 1. The van der Waals surface area contributed by atoms with Gasteiger partial charge in [0.15, 0.2) is 6.61 Å². The standard InChI is InChI=1S/C17H14F3NO3/c1-11-2-8-14(9-3-11)21-15(22)10-24-16(23)12-4-6-13(7-5-12)17(18,19)20/h2-9H,10H2,1H3,(H,21,22). The van der Waals surface area contributed by atoms with E-state index in [4.69, 9.17) is 4.74 Å². The first kappa shape index (κ1) is 17.5. The number of ether oxygens (including phenoxy) is 1. The summed E-state index contributed by atoms with van der Waals surface area (Å²) in [4.78, 5) is 23.4. The van der Waals surface area contributed by atoms with Crippen molar-refractivity contribution in [1.29, 1.82) is 0 Å². The van der Waals surface area contributed by atoms with Crippen LogP contribution in [0.2, 0.25) is 0 Å². The lowest BCUT2D eigenvalue weighted by atomic mass is 10.1. The van der Waals surface area contributed by atoms with Crippen molar-refractivity contribution in [3.63, 3.8) is 0 Å². The van der Waals surface area contributed by atoms with Gasteiger partial charge in [0.25, 0.3) is 5.91 Å². The van der Waals surface area contributed by atoms with Crippen molar-refractivity contribution in [2.24, 2.45) is 0 Å². The number of benzene rings is 2. The molecule has 0 saturated heterocycles. The van der Waals surface area contributed by atoms with E-state index in [1.807, 2.05) is 19.1 Å². The fourth-order valence-corrected chi connectivity index (χ4v) is 1.84. The van der Waals surface area contributed by atoms with Crippen LogP contribution in [0.25, 0.3) is 0 Å². The van der Waals surface area contributed by atoms with Gasteiger partial charge in [-0.25, -0.2) is 4.79 Å². The number of amides is 1. The van der Waals surface area contributed by atoms with Crippen molar-refractivity contribution in [1.82, 2.24) is 0 Å². The van der Waals surface area contributed by atoms with Crippen LogP contribution in [0.3, 0.4) is 0 Å². The van der Waals surface area contributed by atoms with Crippen molar-refractivity contribution < 1.29 is 27.5 Å². The Balaban J connectivity index is 1.88. The predicted octanol–water partition coefficient (Wildman–Crippen LogP) is 3.81. The first-order chi connectivity index (χ1) is 11.3. The highest BCUT2D eigenvalue weighted by Gasteiger charge is 2.30. The zero-order valence-electron chi connectivity index (χ0n) is 12.7. The zero-order chi connectivity index (χ0) is 17.7. The van der Waals surface area contributed by atoms with Crippen molar-refractivity contribution in [3.05, 3.63) is 65.2 Å². The van der Waals surface area contributed by atoms with Gasteiger partial charge in [-0.15, -0.1) is 0 Å². The first-order valence-electron chi connectivity index (χ1n) is 6.96. The normalized spacial score (nSPS) is 11.0. The maximum absolute atomic E-state index is 12.4. The molecule has 0 unspecified atom stereocenters. The van der Waals surface area contributed by atoms with E-state index in [9.17, 15) is 22.8 Å². The second-order valence-corrected chi connectivity index (χ2v) is 5.07. The van der Waals surface area contributed by atoms with Crippen molar-refractivity contribution >= 4 is 17.6 Å². The van der Waals surface area contributed by atoms with Crippen LogP contribution >= 0.6 is 0 Å². The Labute approximate surface area is 136 Å². The number of halogens is 3. The van der Waals surface area contributed by atoms with Gasteiger partial charge in [-0.05, 0) is 43.3 Å². The van der Waals surface area contributed by atoms with E-state index >= 15 is 0 Å². The summed E-state index contributed by atoms with van der Waals surface area (Å²) in [5.74, 6) is -1.41. The van der Waals surface area contributed by atoms with Gasteiger partial charge in [0.05, 0.1) is 11.1 Å². The van der Waals surface area contributed by atoms with Crippen LogP contribution < -0.4 is 5.32 Å². The summed E-state index contributed by atoms with van der Waals surface area (Å²) < 4.78 is 42.1. The molecule has 0 fully saturated rings. The first-order valence-corrected chi connectivity index (χ1v) is 6.96. The van der Waals surface area contributed by atoms with Gasteiger partial charge in [-0.3, -0.25) is 4.79 Å². The minimum Gasteiger partial charge on any atom is -0.452 e. The summed E-state index contributed by atoms with van der Waals surface area (Å²) in [5, 5.41) is 2.54. The third kappa shape index (κ3) is 4.84. The molecule has 126 valence electrons. The Kier molecular flexibility index (Phi) is 5.23. The number of carbonyl (C=O) groups excluding carboxylic acids is 2. The fraction of sp³-hybridized carbons (Fsp3) is 0.176. The molecular weight excluding hydrogens is 323 g/mol. The molecule has 0 atom stereocenters. The minimum atomic E-state index is -4.48. The lowest BCUT2D eigenvalue weighted by Gasteiger charge is -2.08. The smallest absolute Gasteiger partial charge is 0.416 e. The summed E-state index contributed by atoms with van der Waals surface area (Å²) >= 11 is 0. The summed E-state index contributed by atoms with van der Waals surface area (Å²) in [6.45, 7) is 1.37. The molecule has 0 heterocycles. The number of nitrogens with one attached hydrogen (secondary N) is 1. The molecule has 0 saturated carbocycles. The number of anilines is 1. The number of esters is 1. The predicted molar refractivity (Wildman–Crippen MR) is 81.5 cm³/mol. The number of hydrogen-bond acceptors (Lipinski definition) is 3. The molecule has 7 heteroatoms. The van der Waals surface area contributed by atoms with Crippen molar-refractivity contribution in [3.8, 4) is 0 Å².